The van der Waals surface area contributed by atoms with Crippen LogP contribution in [-0.4, -0.2) is 14.7 Å². The molecule has 0 unspecified atom stereocenters. The van der Waals surface area contributed by atoms with Gasteiger partial charge in [-0.15, -0.1) is 11.3 Å². The van der Waals surface area contributed by atoms with Crippen LogP contribution >= 0.6 is 34.5 Å². The van der Waals surface area contributed by atoms with Crippen molar-refractivity contribution in [3.63, 3.8) is 0 Å². The second-order valence-electron chi connectivity index (χ2n) is 5.17. The number of hydrogen-bond donors (Lipinski definition) is 0. The van der Waals surface area contributed by atoms with Crippen molar-refractivity contribution in [2.24, 2.45) is 0 Å². The Hall–Kier alpha value is -2.08. The predicted molar refractivity (Wildman–Crippen MR) is 96.6 cm³/mol. The standard InChI is InChI=1S/C17H11Cl2N3OS/c18-12-3-1-11(2-4-12)17-20-7-8-22(17)10-13-9-14(23-21-13)15-5-6-16(19)24-15/h1-9H,10H2. The zero-order chi connectivity index (χ0) is 16.5. The molecule has 0 bridgehead atoms. The van der Waals surface area contributed by atoms with E-state index in [1.807, 2.05) is 53.2 Å². The molecule has 0 saturated heterocycles. The largest absolute Gasteiger partial charge is 0.355 e. The van der Waals surface area contributed by atoms with Gasteiger partial charge in [0.25, 0.3) is 0 Å². The summed E-state index contributed by atoms with van der Waals surface area (Å²) in [6, 6.07) is 13.3. The normalized spacial score (nSPS) is 11.1. The molecular weight excluding hydrogens is 365 g/mol. The monoisotopic (exact) mass is 375 g/mol. The first-order valence-electron chi connectivity index (χ1n) is 7.17. The maximum Gasteiger partial charge on any atom is 0.177 e. The lowest BCUT2D eigenvalue weighted by Crippen LogP contribution is -2.01. The van der Waals surface area contributed by atoms with Gasteiger partial charge in [-0.2, -0.15) is 0 Å². The molecule has 0 aliphatic heterocycles. The Morgan fingerprint density at radius 3 is 2.67 bits per heavy atom. The van der Waals surface area contributed by atoms with Crippen molar-refractivity contribution in [1.29, 1.82) is 0 Å². The third-order valence-corrected chi connectivity index (χ3v) is 5.02. The fourth-order valence-electron chi connectivity index (χ4n) is 2.42. The molecule has 0 amide bonds. The number of aromatic nitrogens is 3. The predicted octanol–water partition coefficient (Wildman–Crippen LogP) is 5.62. The van der Waals surface area contributed by atoms with Gasteiger partial charge in [0.05, 0.1) is 15.8 Å². The second kappa shape index (κ2) is 6.43. The molecule has 3 heterocycles. The van der Waals surface area contributed by atoms with Gasteiger partial charge in [-0.3, -0.25) is 0 Å². The Morgan fingerprint density at radius 2 is 1.92 bits per heavy atom. The van der Waals surface area contributed by atoms with Gasteiger partial charge in [-0.25, -0.2) is 4.98 Å². The van der Waals surface area contributed by atoms with Gasteiger partial charge >= 0.3 is 0 Å². The van der Waals surface area contributed by atoms with Crippen molar-refractivity contribution in [2.75, 3.05) is 0 Å². The molecule has 0 radical (unpaired) electrons. The van der Waals surface area contributed by atoms with Gasteiger partial charge < -0.3 is 9.09 Å². The van der Waals surface area contributed by atoms with Crippen LogP contribution in [0.2, 0.25) is 9.36 Å². The Balaban J connectivity index is 1.60. The lowest BCUT2D eigenvalue weighted by molar-refractivity contribution is 0.422. The molecule has 1 aromatic carbocycles. The second-order valence-corrected chi connectivity index (χ2v) is 7.32. The van der Waals surface area contributed by atoms with E-state index in [1.165, 1.54) is 11.3 Å². The number of thiophene rings is 1. The Labute approximate surface area is 152 Å². The van der Waals surface area contributed by atoms with E-state index < -0.39 is 0 Å². The van der Waals surface area contributed by atoms with Crippen LogP contribution in [0.4, 0.5) is 0 Å². The molecule has 0 spiro atoms. The van der Waals surface area contributed by atoms with Gasteiger partial charge in [0.2, 0.25) is 0 Å². The van der Waals surface area contributed by atoms with Crippen LogP contribution < -0.4 is 0 Å². The maximum absolute atomic E-state index is 5.97. The van der Waals surface area contributed by atoms with E-state index in [-0.39, 0.29) is 0 Å². The highest BCUT2D eigenvalue weighted by molar-refractivity contribution is 7.19. The zero-order valence-electron chi connectivity index (χ0n) is 12.3. The van der Waals surface area contributed by atoms with Gasteiger partial charge in [0, 0.05) is 29.0 Å². The summed E-state index contributed by atoms with van der Waals surface area (Å²) in [4.78, 5) is 5.39. The van der Waals surface area contributed by atoms with E-state index >= 15 is 0 Å². The van der Waals surface area contributed by atoms with Crippen molar-refractivity contribution in [1.82, 2.24) is 14.7 Å². The van der Waals surface area contributed by atoms with E-state index in [9.17, 15) is 0 Å². The van der Waals surface area contributed by atoms with Crippen molar-refractivity contribution in [3.05, 3.63) is 69.9 Å². The Bertz CT molecular complexity index is 972. The molecule has 4 nitrogen and oxygen atoms in total. The number of rotatable bonds is 4. The highest BCUT2D eigenvalue weighted by Gasteiger charge is 2.12. The first-order valence-corrected chi connectivity index (χ1v) is 8.75. The third kappa shape index (κ3) is 3.11. The average Bonchev–Trinajstić information content (AvgIpc) is 3.30. The summed E-state index contributed by atoms with van der Waals surface area (Å²) in [5.41, 5.74) is 1.82. The lowest BCUT2D eigenvalue weighted by Gasteiger charge is -2.05. The lowest BCUT2D eigenvalue weighted by atomic mass is 10.2. The van der Waals surface area contributed by atoms with Gasteiger partial charge in [0.15, 0.2) is 5.76 Å². The molecular formula is C17H11Cl2N3OS. The molecule has 120 valence electrons. The van der Waals surface area contributed by atoms with E-state index in [1.54, 1.807) is 6.20 Å². The van der Waals surface area contributed by atoms with Crippen LogP contribution in [0.1, 0.15) is 5.69 Å². The molecule has 0 aliphatic carbocycles. The van der Waals surface area contributed by atoms with Gasteiger partial charge in [0.1, 0.15) is 11.5 Å². The minimum Gasteiger partial charge on any atom is -0.355 e. The van der Waals surface area contributed by atoms with Gasteiger partial charge in [-0.1, -0.05) is 28.4 Å². The summed E-state index contributed by atoms with van der Waals surface area (Å²) >= 11 is 13.4. The molecule has 7 heteroatoms. The van der Waals surface area contributed by atoms with E-state index in [0.29, 0.717) is 11.6 Å². The fraction of sp³-hybridized carbons (Fsp3) is 0.0588. The minimum atomic E-state index is 0.570. The molecule has 0 saturated carbocycles. The summed E-state index contributed by atoms with van der Waals surface area (Å²) in [7, 11) is 0. The first-order chi connectivity index (χ1) is 11.7. The van der Waals surface area contributed by atoms with E-state index in [4.69, 9.17) is 27.7 Å². The van der Waals surface area contributed by atoms with Crippen LogP contribution in [0, 0.1) is 0 Å². The Morgan fingerprint density at radius 1 is 1.08 bits per heavy atom. The number of hydrogen-bond acceptors (Lipinski definition) is 4. The molecule has 0 N–H and O–H groups in total. The van der Waals surface area contributed by atoms with Crippen LogP contribution in [-0.2, 0) is 6.54 Å². The number of nitrogens with zero attached hydrogens (tertiary/aromatic N) is 3. The molecule has 0 atom stereocenters. The van der Waals surface area contributed by atoms with Crippen molar-refractivity contribution < 1.29 is 4.52 Å². The first kappa shape index (κ1) is 15.4. The summed E-state index contributed by atoms with van der Waals surface area (Å²) in [6.07, 6.45) is 3.68. The topological polar surface area (TPSA) is 43.9 Å². The van der Waals surface area contributed by atoms with Crippen molar-refractivity contribution >= 4 is 34.5 Å². The van der Waals surface area contributed by atoms with Gasteiger partial charge in [-0.05, 0) is 36.4 Å². The number of imidazole rings is 1. The summed E-state index contributed by atoms with van der Waals surface area (Å²) in [5, 5.41) is 4.85. The van der Waals surface area contributed by atoms with Crippen LogP contribution in [0.25, 0.3) is 22.0 Å². The van der Waals surface area contributed by atoms with E-state index in [0.717, 1.165) is 32.1 Å². The molecule has 3 aromatic heterocycles. The van der Waals surface area contributed by atoms with Crippen LogP contribution in [0.5, 0.6) is 0 Å². The third-order valence-electron chi connectivity index (χ3n) is 3.53. The average molecular weight is 376 g/mol. The Kier molecular flexibility index (Phi) is 4.14. The van der Waals surface area contributed by atoms with Crippen molar-refractivity contribution in [3.8, 4) is 22.0 Å². The van der Waals surface area contributed by atoms with Crippen LogP contribution in [0.3, 0.4) is 0 Å². The number of halogens is 2. The molecule has 4 rings (SSSR count). The molecule has 4 aromatic rings. The molecule has 0 aliphatic rings. The molecule has 24 heavy (non-hydrogen) atoms. The fourth-order valence-corrected chi connectivity index (χ4v) is 3.54. The highest BCUT2D eigenvalue weighted by atomic mass is 35.5. The summed E-state index contributed by atoms with van der Waals surface area (Å²) in [5.74, 6) is 1.57. The van der Waals surface area contributed by atoms with E-state index in [2.05, 4.69) is 10.1 Å². The van der Waals surface area contributed by atoms with Crippen molar-refractivity contribution in [2.45, 2.75) is 6.54 Å². The zero-order valence-corrected chi connectivity index (χ0v) is 14.6. The smallest absolute Gasteiger partial charge is 0.177 e. The number of benzene rings is 1. The van der Waals surface area contributed by atoms with Crippen LogP contribution in [0.15, 0.2) is 59.4 Å². The maximum atomic E-state index is 5.97. The quantitative estimate of drug-likeness (QED) is 0.464. The summed E-state index contributed by atoms with van der Waals surface area (Å²) in [6.45, 7) is 0.570. The minimum absolute atomic E-state index is 0.570. The summed E-state index contributed by atoms with van der Waals surface area (Å²) < 4.78 is 8.17. The highest BCUT2D eigenvalue weighted by Crippen LogP contribution is 2.31. The molecule has 0 fully saturated rings. The SMILES string of the molecule is Clc1ccc(-c2nccn2Cc2cc(-c3ccc(Cl)s3)on2)cc1.